The number of hydrogen-bond acceptors (Lipinski definition) is 4. The number of methoxy groups -OCH3 is 1. The molecule has 0 fully saturated rings. The Morgan fingerprint density at radius 1 is 1.38 bits per heavy atom. The average Bonchev–Trinajstić information content (AvgIpc) is 2.34. The lowest BCUT2D eigenvalue weighted by Crippen LogP contribution is -2.32. The lowest BCUT2D eigenvalue weighted by molar-refractivity contribution is 0.160. The Morgan fingerprint density at radius 2 is 2.12 bits per heavy atom. The van der Waals surface area contributed by atoms with Crippen LogP contribution in [0.5, 0.6) is 0 Å². The molecule has 4 nitrogen and oxygen atoms in total. The lowest BCUT2D eigenvalue weighted by Gasteiger charge is -2.17. The van der Waals surface area contributed by atoms with Crippen LogP contribution in [-0.4, -0.2) is 29.7 Å². The Hall–Kier alpha value is -1.00. The second-order valence-corrected chi connectivity index (χ2v) is 3.92. The van der Waals surface area contributed by atoms with Gasteiger partial charge in [0.05, 0.1) is 6.61 Å². The van der Waals surface area contributed by atoms with Crippen LogP contribution in [0.3, 0.4) is 0 Å². The van der Waals surface area contributed by atoms with Gasteiger partial charge >= 0.3 is 0 Å². The molecule has 0 aliphatic heterocycles. The van der Waals surface area contributed by atoms with Gasteiger partial charge in [-0.2, -0.15) is 0 Å². The molecule has 0 spiro atoms. The molecule has 1 unspecified atom stereocenters. The summed E-state index contributed by atoms with van der Waals surface area (Å²) in [6.07, 6.45) is 8.82. The van der Waals surface area contributed by atoms with Gasteiger partial charge in [-0.25, -0.2) is 9.97 Å². The molecule has 0 bridgehead atoms. The molecule has 0 aliphatic rings. The summed E-state index contributed by atoms with van der Waals surface area (Å²) < 4.78 is 5.20. The zero-order chi connectivity index (χ0) is 11.6. The minimum absolute atomic E-state index is 0.421. The van der Waals surface area contributed by atoms with Crippen LogP contribution in [0.2, 0.25) is 0 Å². The molecule has 1 N–H and O–H groups in total. The number of nitrogens with one attached hydrogen (secondary N) is 1. The Kier molecular flexibility index (Phi) is 6.69. The summed E-state index contributed by atoms with van der Waals surface area (Å²) in [7, 11) is 1.74. The second kappa shape index (κ2) is 8.19. The lowest BCUT2D eigenvalue weighted by atomic mass is 10.1. The molecule has 0 aliphatic carbocycles. The number of rotatable bonds is 8. The normalized spacial score (nSPS) is 12.6. The van der Waals surface area contributed by atoms with Gasteiger partial charge in [-0.05, 0) is 6.42 Å². The zero-order valence-electron chi connectivity index (χ0n) is 10.1. The van der Waals surface area contributed by atoms with E-state index in [1.54, 1.807) is 13.4 Å². The van der Waals surface area contributed by atoms with Crippen molar-refractivity contribution in [2.45, 2.75) is 38.8 Å². The van der Waals surface area contributed by atoms with Gasteiger partial charge in [-0.15, -0.1) is 0 Å². The van der Waals surface area contributed by atoms with Crippen molar-refractivity contribution in [3.05, 3.63) is 24.3 Å². The standard InChI is InChI=1S/C12H21N3O/c1-3-4-5-12(9-16-2)15-8-11-6-13-10-14-7-11/h6-7,10,12,15H,3-5,8-9H2,1-2H3. The van der Waals surface area contributed by atoms with E-state index >= 15 is 0 Å². The van der Waals surface area contributed by atoms with Crippen molar-refractivity contribution >= 4 is 0 Å². The van der Waals surface area contributed by atoms with Crippen LogP contribution in [0.15, 0.2) is 18.7 Å². The predicted molar refractivity (Wildman–Crippen MR) is 64.1 cm³/mol. The fourth-order valence-corrected chi connectivity index (χ4v) is 1.58. The highest BCUT2D eigenvalue weighted by molar-refractivity contribution is 5.01. The number of ether oxygens (including phenoxy) is 1. The van der Waals surface area contributed by atoms with Gasteiger partial charge in [0, 0.05) is 37.7 Å². The van der Waals surface area contributed by atoms with E-state index in [0.29, 0.717) is 6.04 Å². The Balaban J connectivity index is 2.31. The first kappa shape index (κ1) is 13.1. The van der Waals surface area contributed by atoms with Crippen molar-refractivity contribution in [3.8, 4) is 0 Å². The van der Waals surface area contributed by atoms with Crippen LogP contribution in [0.4, 0.5) is 0 Å². The molecule has 0 aromatic carbocycles. The minimum Gasteiger partial charge on any atom is -0.383 e. The summed E-state index contributed by atoms with van der Waals surface area (Å²) >= 11 is 0. The summed E-state index contributed by atoms with van der Waals surface area (Å²) in [4.78, 5) is 7.98. The SMILES string of the molecule is CCCCC(COC)NCc1cncnc1. The fraction of sp³-hybridized carbons (Fsp3) is 0.667. The maximum atomic E-state index is 5.20. The van der Waals surface area contributed by atoms with E-state index in [9.17, 15) is 0 Å². The Bertz CT molecular complexity index is 266. The van der Waals surface area contributed by atoms with E-state index in [1.165, 1.54) is 12.8 Å². The summed E-state index contributed by atoms with van der Waals surface area (Å²) in [6, 6.07) is 0.421. The number of unbranched alkanes of at least 4 members (excludes halogenated alkanes) is 1. The van der Waals surface area contributed by atoms with Gasteiger partial charge in [0.15, 0.2) is 0 Å². The first-order valence-corrected chi connectivity index (χ1v) is 5.83. The smallest absolute Gasteiger partial charge is 0.115 e. The molecule has 1 rings (SSSR count). The third-order valence-electron chi connectivity index (χ3n) is 2.48. The molecule has 0 amide bonds. The van der Waals surface area contributed by atoms with Crippen molar-refractivity contribution in [2.24, 2.45) is 0 Å². The highest BCUT2D eigenvalue weighted by atomic mass is 16.5. The van der Waals surface area contributed by atoms with Gasteiger partial charge in [-0.3, -0.25) is 0 Å². The summed E-state index contributed by atoms with van der Waals surface area (Å²) in [5.41, 5.74) is 1.11. The van der Waals surface area contributed by atoms with E-state index in [4.69, 9.17) is 4.74 Å². The molecule has 0 radical (unpaired) electrons. The van der Waals surface area contributed by atoms with Crippen molar-refractivity contribution in [1.82, 2.24) is 15.3 Å². The number of hydrogen-bond donors (Lipinski definition) is 1. The van der Waals surface area contributed by atoms with Crippen LogP contribution in [-0.2, 0) is 11.3 Å². The van der Waals surface area contributed by atoms with Crippen molar-refractivity contribution in [1.29, 1.82) is 0 Å². The average molecular weight is 223 g/mol. The molecular weight excluding hydrogens is 202 g/mol. The van der Waals surface area contributed by atoms with E-state index in [2.05, 4.69) is 22.2 Å². The molecular formula is C12H21N3O. The van der Waals surface area contributed by atoms with E-state index < -0.39 is 0 Å². The van der Waals surface area contributed by atoms with Crippen molar-refractivity contribution < 1.29 is 4.74 Å². The van der Waals surface area contributed by atoms with Crippen LogP contribution in [0, 0.1) is 0 Å². The summed E-state index contributed by atoms with van der Waals surface area (Å²) in [5, 5.41) is 3.47. The third kappa shape index (κ3) is 5.19. The second-order valence-electron chi connectivity index (χ2n) is 3.92. The van der Waals surface area contributed by atoms with Crippen LogP contribution in [0.25, 0.3) is 0 Å². The maximum Gasteiger partial charge on any atom is 0.115 e. The molecule has 0 saturated heterocycles. The molecule has 1 aromatic heterocycles. The minimum atomic E-state index is 0.421. The Labute approximate surface area is 97.5 Å². The van der Waals surface area contributed by atoms with Crippen LogP contribution < -0.4 is 5.32 Å². The van der Waals surface area contributed by atoms with Gasteiger partial charge in [0.2, 0.25) is 0 Å². The molecule has 1 heterocycles. The molecule has 1 aromatic rings. The van der Waals surface area contributed by atoms with E-state index in [1.807, 2.05) is 12.4 Å². The first-order chi connectivity index (χ1) is 7.86. The third-order valence-corrected chi connectivity index (χ3v) is 2.48. The largest absolute Gasteiger partial charge is 0.383 e. The fourth-order valence-electron chi connectivity index (χ4n) is 1.58. The molecule has 0 saturated carbocycles. The predicted octanol–water partition coefficient (Wildman–Crippen LogP) is 1.77. The van der Waals surface area contributed by atoms with Crippen molar-refractivity contribution in [3.63, 3.8) is 0 Å². The quantitative estimate of drug-likeness (QED) is 0.729. The summed E-state index contributed by atoms with van der Waals surface area (Å²) in [6.45, 7) is 3.77. The first-order valence-electron chi connectivity index (χ1n) is 5.83. The van der Waals surface area contributed by atoms with Gasteiger partial charge in [0.1, 0.15) is 6.33 Å². The highest BCUT2D eigenvalue weighted by Gasteiger charge is 2.06. The molecule has 4 heteroatoms. The topological polar surface area (TPSA) is 47.0 Å². The van der Waals surface area contributed by atoms with Crippen LogP contribution in [0.1, 0.15) is 31.7 Å². The Morgan fingerprint density at radius 3 is 2.75 bits per heavy atom. The van der Waals surface area contributed by atoms with Gasteiger partial charge in [-0.1, -0.05) is 19.8 Å². The number of aromatic nitrogens is 2. The van der Waals surface area contributed by atoms with Crippen molar-refractivity contribution in [2.75, 3.05) is 13.7 Å². The van der Waals surface area contributed by atoms with Gasteiger partial charge in [0.25, 0.3) is 0 Å². The van der Waals surface area contributed by atoms with E-state index in [-0.39, 0.29) is 0 Å². The van der Waals surface area contributed by atoms with E-state index in [0.717, 1.165) is 25.1 Å². The highest BCUT2D eigenvalue weighted by Crippen LogP contribution is 2.02. The molecule has 16 heavy (non-hydrogen) atoms. The molecule has 90 valence electrons. The number of nitrogens with zero attached hydrogens (tertiary/aromatic N) is 2. The van der Waals surface area contributed by atoms with Crippen LogP contribution >= 0.6 is 0 Å². The van der Waals surface area contributed by atoms with Gasteiger partial charge < -0.3 is 10.1 Å². The zero-order valence-corrected chi connectivity index (χ0v) is 10.1. The maximum absolute atomic E-state index is 5.20. The summed E-state index contributed by atoms with van der Waals surface area (Å²) in [5.74, 6) is 0. The monoisotopic (exact) mass is 223 g/mol. The molecule has 1 atom stereocenters.